The van der Waals surface area contributed by atoms with Gasteiger partial charge >= 0.3 is 0 Å². The van der Waals surface area contributed by atoms with E-state index in [-0.39, 0.29) is 33.8 Å². The molecule has 1 aliphatic carbocycles. The molecule has 2 aliphatic heterocycles. The normalized spacial score (nSPS) is 16.0. The van der Waals surface area contributed by atoms with Crippen LogP contribution in [0.5, 0.6) is 0 Å². The predicted octanol–water partition coefficient (Wildman–Crippen LogP) is 16.4. The molecule has 0 radical (unpaired) electrons. The third-order valence-electron chi connectivity index (χ3n) is 16.0. The summed E-state index contributed by atoms with van der Waals surface area (Å²) >= 11 is 0. The molecule has 0 fully saturated rings. The summed E-state index contributed by atoms with van der Waals surface area (Å²) in [6.07, 6.45) is 2.27. The number of rotatable bonds is 4. The minimum atomic E-state index is -0.159. The van der Waals surface area contributed by atoms with Gasteiger partial charge in [-0.2, -0.15) is 0 Å². The van der Waals surface area contributed by atoms with E-state index >= 15 is 0 Å². The maximum Gasteiger partial charge on any atom is 0.297 e. The van der Waals surface area contributed by atoms with Crippen molar-refractivity contribution in [3.05, 3.63) is 173 Å². The Morgan fingerprint density at radius 1 is 0.493 bits per heavy atom. The van der Waals surface area contributed by atoms with Crippen molar-refractivity contribution in [2.45, 2.75) is 137 Å². The molecular weight excluding hydrogens is 836 g/mol. The van der Waals surface area contributed by atoms with Crippen LogP contribution >= 0.6 is 0 Å². The van der Waals surface area contributed by atoms with Gasteiger partial charge in [0.1, 0.15) is 5.58 Å². The Kier molecular flexibility index (Phi) is 10.1. The topological polar surface area (TPSA) is 19.6 Å². The molecule has 0 saturated heterocycles. The van der Waals surface area contributed by atoms with Crippen molar-refractivity contribution in [1.82, 2.24) is 0 Å². The van der Waals surface area contributed by atoms with Crippen molar-refractivity contribution in [1.29, 1.82) is 0 Å². The van der Waals surface area contributed by atoms with Gasteiger partial charge in [-0.25, -0.2) is 0 Å². The number of hydrogen-bond donors (Lipinski definition) is 0. The quantitative estimate of drug-likeness (QED) is 0.164. The smallest absolute Gasteiger partial charge is 0.297 e. The molecule has 3 aliphatic rings. The van der Waals surface area contributed by atoms with Crippen LogP contribution in [0.1, 0.15) is 136 Å². The lowest BCUT2D eigenvalue weighted by atomic mass is 9.35. The first-order valence-corrected chi connectivity index (χ1v) is 25.4. The SMILES string of the molecule is Cc1cc2c3c(c1)N(c1ccc(C(C)(C)C)cc1)c1c(oc4ccc(C(C)(C)C)cc14)B3c1cc3c(cc1N2c1c(-c2ccccc2)cc(C(C)(C)C)cc1-c1ccccc1)C(C)(C)CCC3(C)C. The van der Waals surface area contributed by atoms with E-state index in [2.05, 4.69) is 246 Å². The molecule has 7 aromatic carbocycles. The Balaban J connectivity index is 1.32. The average molecular weight is 905 g/mol. The fourth-order valence-electron chi connectivity index (χ4n) is 11.7. The van der Waals surface area contributed by atoms with E-state index in [1.807, 2.05) is 0 Å². The minimum Gasteiger partial charge on any atom is -0.468 e. The molecule has 0 unspecified atom stereocenters. The lowest BCUT2D eigenvalue weighted by molar-refractivity contribution is 0.332. The monoisotopic (exact) mass is 905 g/mol. The van der Waals surface area contributed by atoms with Crippen molar-refractivity contribution >= 4 is 68.4 Å². The van der Waals surface area contributed by atoms with E-state index in [9.17, 15) is 0 Å². The number of anilines is 6. The van der Waals surface area contributed by atoms with Crippen LogP contribution in [-0.2, 0) is 27.1 Å². The molecule has 0 N–H and O–H groups in total. The average Bonchev–Trinajstić information content (AvgIpc) is 3.68. The maximum absolute atomic E-state index is 7.48. The first kappa shape index (κ1) is 45.2. The molecule has 0 amide bonds. The number of fused-ring (bicyclic) bond motifs is 7. The molecule has 3 nitrogen and oxygen atoms in total. The Labute approximate surface area is 412 Å². The minimum absolute atomic E-state index is 0.00628. The van der Waals surface area contributed by atoms with Crippen LogP contribution in [0.25, 0.3) is 33.2 Å². The summed E-state index contributed by atoms with van der Waals surface area (Å²) < 4.78 is 7.48. The van der Waals surface area contributed by atoms with Gasteiger partial charge in [-0.3, -0.25) is 0 Å². The van der Waals surface area contributed by atoms with E-state index in [1.165, 1.54) is 89.3 Å². The number of aryl methyl sites for hydroxylation is 1. The Hall–Kier alpha value is -6.26. The second kappa shape index (κ2) is 15.4. The number of furan rings is 1. The van der Waals surface area contributed by atoms with Gasteiger partial charge in [-0.05, 0) is 157 Å². The van der Waals surface area contributed by atoms with E-state index < -0.39 is 0 Å². The third-order valence-corrected chi connectivity index (χ3v) is 16.0. The van der Waals surface area contributed by atoms with Crippen molar-refractivity contribution < 1.29 is 4.42 Å². The highest BCUT2D eigenvalue weighted by atomic mass is 16.3. The highest BCUT2D eigenvalue weighted by Gasteiger charge is 2.49. The molecule has 4 heteroatoms. The molecule has 69 heavy (non-hydrogen) atoms. The number of benzene rings is 7. The Morgan fingerprint density at radius 2 is 1.00 bits per heavy atom. The zero-order valence-electron chi connectivity index (χ0n) is 43.6. The zero-order valence-corrected chi connectivity index (χ0v) is 43.6. The van der Waals surface area contributed by atoms with Crippen LogP contribution in [-0.4, -0.2) is 6.71 Å². The van der Waals surface area contributed by atoms with E-state index in [4.69, 9.17) is 4.42 Å². The third kappa shape index (κ3) is 7.30. The molecule has 8 aromatic rings. The maximum atomic E-state index is 7.48. The van der Waals surface area contributed by atoms with Crippen molar-refractivity contribution in [3.8, 4) is 22.3 Å². The first-order chi connectivity index (χ1) is 32.5. The van der Waals surface area contributed by atoms with Crippen LogP contribution in [0.15, 0.2) is 144 Å². The van der Waals surface area contributed by atoms with Crippen molar-refractivity contribution in [3.63, 3.8) is 0 Å². The van der Waals surface area contributed by atoms with Gasteiger partial charge in [-0.15, -0.1) is 0 Å². The van der Waals surface area contributed by atoms with E-state index in [0.29, 0.717) is 0 Å². The number of nitrogens with zero attached hydrogens (tertiary/aromatic N) is 2. The molecule has 3 heterocycles. The largest absolute Gasteiger partial charge is 0.468 e. The molecule has 0 atom stereocenters. The van der Waals surface area contributed by atoms with Gasteiger partial charge in [-0.1, -0.05) is 175 Å². The summed E-state index contributed by atoms with van der Waals surface area (Å²) in [4.78, 5) is 5.24. The Bertz CT molecular complexity index is 3270. The fourth-order valence-corrected chi connectivity index (χ4v) is 11.7. The van der Waals surface area contributed by atoms with Gasteiger partial charge in [0.25, 0.3) is 6.71 Å². The predicted molar refractivity (Wildman–Crippen MR) is 297 cm³/mol. The molecule has 0 bridgehead atoms. The second-order valence-electron chi connectivity index (χ2n) is 25.0. The molecule has 348 valence electrons. The van der Waals surface area contributed by atoms with E-state index in [1.54, 1.807) is 0 Å². The molecule has 0 spiro atoms. The van der Waals surface area contributed by atoms with Crippen LogP contribution in [0.3, 0.4) is 0 Å². The summed E-state index contributed by atoms with van der Waals surface area (Å²) in [5.74, 6) is 0. The van der Waals surface area contributed by atoms with E-state index in [0.717, 1.165) is 40.8 Å². The highest BCUT2D eigenvalue weighted by Crippen LogP contribution is 2.55. The first-order valence-electron chi connectivity index (χ1n) is 25.4. The summed E-state index contributed by atoms with van der Waals surface area (Å²) in [5.41, 5.74) is 24.4. The lowest BCUT2D eigenvalue weighted by Gasteiger charge is -2.47. The standard InChI is InChI=1S/C65H69BN2O/c1-40-33-54-57-55(34-40)68(58-47(41-21-17-15-18-22-41)36-45(63(8,9)10)37-48(58)42-23-19-16-20-24-42)53-39-51-50(64(11,12)31-32-65(51,13)14)38-52(53)66(57)60-59(49-35-44(62(5,6)7)27-30-56(49)69-60)67(54)46-28-25-43(26-29-46)61(2,3)4/h15-30,33-39H,31-32H2,1-14H3. The fraction of sp³-hybridized carbons (Fsp3) is 0.323. The number of hydrogen-bond acceptors (Lipinski definition) is 3. The molecule has 11 rings (SSSR count). The van der Waals surface area contributed by atoms with Gasteiger partial charge < -0.3 is 14.2 Å². The van der Waals surface area contributed by atoms with Crippen LogP contribution in [0.4, 0.5) is 34.1 Å². The van der Waals surface area contributed by atoms with Gasteiger partial charge in [0.15, 0.2) is 0 Å². The molecule has 1 aromatic heterocycles. The second-order valence-corrected chi connectivity index (χ2v) is 25.0. The van der Waals surface area contributed by atoms with Crippen LogP contribution in [0.2, 0.25) is 0 Å². The van der Waals surface area contributed by atoms with Crippen LogP contribution < -0.4 is 26.4 Å². The summed E-state index contributed by atoms with van der Waals surface area (Å²) in [5, 5.41) is 1.16. The molecule has 0 saturated carbocycles. The van der Waals surface area contributed by atoms with Gasteiger partial charge in [0.05, 0.1) is 17.0 Å². The van der Waals surface area contributed by atoms with Gasteiger partial charge in [0, 0.05) is 39.3 Å². The van der Waals surface area contributed by atoms with Gasteiger partial charge in [0.2, 0.25) is 0 Å². The lowest BCUT2D eigenvalue weighted by Crippen LogP contribution is -2.61. The molecular formula is C65H69BN2O. The van der Waals surface area contributed by atoms with Crippen molar-refractivity contribution in [2.75, 3.05) is 9.80 Å². The zero-order chi connectivity index (χ0) is 48.7. The highest BCUT2D eigenvalue weighted by molar-refractivity contribution is 7.00. The van der Waals surface area contributed by atoms with Crippen LogP contribution in [0, 0.1) is 6.92 Å². The summed E-state index contributed by atoms with van der Waals surface area (Å²) in [7, 11) is 0. The van der Waals surface area contributed by atoms with Crippen molar-refractivity contribution in [2.24, 2.45) is 0 Å². The Morgan fingerprint density at radius 3 is 1.54 bits per heavy atom. The summed E-state index contributed by atoms with van der Waals surface area (Å²) in [6.45, 7) is 32.9. The summed E-state index contributed by atoms with van der Waals surface area (Å²) in [6, 6.07) is 53.7.